The van der Waals surface area contributed by atoms with Crippen LogP contribution in [0.2, 0.25) is 0 Å². The average Bonchev–Trinajstić information content (AvgIpc) is 2.83. The van der Waals surface area contributed by atoms with Crippen LogP contribution in [0, 0.1) is 11.3 Å². The molecule has 0 bridgehead atoms. The fourth-order valence-electron chi connectivity index (χ4n) is 2.15. The van der Waals surface area contributed by atoms with Gasteiger partial charge in [0.15, 0.2) is 0 Å². The summed E-state index contributed by atoms with van der Waals surface area (Å²) in [5.74, 6) is -1.15. The number of hydrogen-bond donors (Lipinski definition) is 3. The maximum Gasteiger partial charge on any atom is 0.326 e. The van der Waals surface area contributed by atoms with E-state index in [2.05, 4.69) is 21.2 Å². The number of amides is 2. The van der Waals surface area contributed by atoms with Crippen LogP contribution in [0.4, 0.5) is 10.5 Å². The first-order valence-corrected chi connectivity index (χ1v) is 6.90. The molecular weight excluding hydrogens is 342 g/mol. The van der Waals surface area contributed by atoms with Crippen molar-refractivity contribution >= 4 is 33.6 Å². The number of aliphatic hydroxyl groups excluding tert-OH is 1. The lowest BCUT2D eigenvalue weighted by Gasteiger charge is -2.22. The van der Waals surface area contributed by atoms with Gasteiger partial charge in [0.1, 0.15) is 6.04 Å². The fraction of sp³-hybridized carbons (Fsp3) is 0.308. The number of nitriles is 1. The molecule has 0 saturated carbocycles. The van der Waals surface area contributed by atoms with E-state index < -0.39 is 24.1 Å². The van der Waals surface area contributed by atoms with Crippen molar-refractivity contribution in [1.29, 1.82) is 5.26 Å². The van der Waals surface area contributed by atoms with Crippen LogP contribution in [-0.2, 0) is 4.79 Å². The molecular formula is C13H12BrN3O4. The standard InChI is InChI=1S/C13H12BrN3O4/c14-9-3-7(5-15)1-2-10(9)16-13(21)17-6-8(18)4-11(17)12(19)20/h1-3,8,11,18H,4,6H2,(H,16,21)(H,19,20)/t8-,11-/m1/s1. The highest BCUT2D eigenvalue weighted by atomic mass is 79.9. The highest BCUT2D eigenvalue weighted by Gasteiger charge is 2.39. The molecule has 0 spiro atoms. The number of carboxylic acid groups (broad SMARTS) is 1. The molecule has 1 saturated heterocycles. The molecule has 1 aromatic rings. The number of nitrogens with zero attached hydrogens (tertiary/aromatic N) is 2. The number of β-amino-alcohol motifs (C(OH)–C–C–N with tert-alkyl or cyclic N) is 1. The largest absolute Gasteiger partial charge is 0.480 e. The maximum absolute atomic E-state index is 12.1. The molecule has 1 heterocycles. The van der Waals surface area contributed by atoms with Crippen LogP contribution in [0.15, 0.2) is 22.7 Å². The number of likely N-dealkylation sites (tertiary alicyclic amines) is 1. The van der Waals surface area contributed by atoms with Gasteiger partial charge in [-0.15, -0.1) is 0 Å². The number of anilines is 1. The first-order chi connectivity index (χ1) is 9.92. The summed E-state index contributed by atoms with van der Waals surface area (Å²) < 4.78 is 0.515. The van der Waals surface area contributed by atoms with E-state index >= 15 is 0 Å². The monoisotopic (exact) mass is 353 g/mol. The van der Waals surface area contributed by atoms with Gasteiger partial charge in [0.2, 0.25) is 0 Å². The van der Waals surface area contributed by atoms with Gasteiger partial charge < -0.3 is 20.4 Å². The number of rotatable bonds is 2. The van der Waals surface area contributed by atoms with Crippen molar-refractivity contribution in [3.8, 4) is 6.07 Å². The third kappa shape index (κ3) is 3.32. The van der Waals surface area contributed by atoms with E-state index in [0.717, 1.165) is 4.90 Å². The van der Waals surface area contributed by atoms with E-state index in [1.807, 2.05) is 6.07 Å². The molecule has 0 aliphatic carbocycles. The van der Waals surface area contributed by atoms with Crippen LogP contribution in [0.1, 0.15) is 12.0 Å². The quantitative estimate of drug-likeness (QED) is 0.742. The van der Waals surface area contributed by atoms with Gasteiger partial charge >= 0.3 is 12.0 Å². The summed E-state index contributed by atoms with van der Waals surface area (Å²) >= 11 is 3.23. The molecule has 3 N–H and O–H groups in total. The Morgan fingerprint density at radius 3 is 2.76 bits per heavy atom. The second-order valence-electron chi connectivity index (χ2n) is 4.63. The van der Waals surface area contributed by atoms with Crippen molar-refractivity contribution < 1.29 is 19.8 Å². The van der Waals surface area contributed by atoms with Crippen molar-refractivity contribution in [1.82, 2.24) is 4.90 Å². The molecule has 7 nitrogen and oxygen atoms in total. The minimum absolute atomic E-state index is 0.0112. The molecule has 1 aliphatic heterocycles. The van der Waals surface area contributed by atoms with Gasteiger partial charge in [-0.2, -0.15) is 5.26 Å². The Kier molecular flexibility index (Phi) is 4.45. The van der Waals surface area contributed by atoms with E-state index in [9.17, 15) is 14.7 Å². The highest BCUT2D eigenvalue weighted by Crippen LogP contribution is 2.25. The van der Waals surface area contributed by atoms with Crippen LogP contribution in [0.3, 0.4) is 0 Å². The third-order valence-electron chi connectivity index (χ3n) is 3.16. The lowest BCUT2D eigenvalue weighted by molar-refractivity contribution is -0.141. The predicted molar refractivity (Wildman–Crippen MR) is 76.6 cm³/mol. The predicted octanol–water partition coefficient (Wildman–Crippen LogP) is 1.37. The molecule has 1 fully saturated rings. The Labute approximate surface area is 128 Å². The zero-order chi connectivity index (χ0) is 15.6. The van der Waals surface area contributed by atoms with Crippen LogP contribution in [0.25, 0.3) is 0 Å². The average molecular weight is 354 g/mol. The summed E-state index contributed by atoms with van der Waals surface area (Å²) in [6, 6.07) is 4.94. The molecule has 2 atom stereocenters. The number of benzene rings is 1. The first kappa shape index (κ1) is 15.3. The smallest absolute Gasteiger partial charge is 0.326 e. The number of carboxylic acids is 1. The molecule has 0 aromatic heterocycles. The molecule has 110 valence electrons. The number of hydrogen-bond acceptors (Lipinski definition) is 4. The molecule has 2 amide bonds. The number of aliphatic carboxylic acids is 1. The van der Waals surface area contributed by atoms with Crippen molar-refractivity contribution in [2.45, 2.75) is 18.6 Å². The fourth-order valence-corrected chi connectivity index (χ4v) is 2.62. The number of nitrogens with one attached hydrogen (secondary N) is 1. The maximum atomic E-state index is 12.1. The van der Waals surface area contributed by atoms with Crippen molar-refractivity contribution in [2.75, 3.05) is 11.9 Å². The van der Waals surface area contributed by atoms with Crippen LogP contribution >= 0.6 is 15.9 Å². The van der Waals surface area contributed by atoms with E-state index in [1.165, 1.54) is 6.07 Å². The van der Waals surface area contributed by atoms with Gasteiger partial charge in [0.25, 0.3) is 0 Å². The molecule has 1 aliphatic rings. The van der Waals surface area contributed by atoms with Gasteiger partial charge in [-0.3, -0.25) is 0 Å². The normalized spacial score (nSPS) is 20.9. The molecule has 2 rings (SSSR count). The van der Waals surface area contributed by atoms with Gasteiger partial charge in [0.05, 0.1) is 23.4 Å². The molecule has 8 heteroatoms. The number of aliphatic hydroxyl groups is 1. The summed E-state index contributed by atoms with van der Waals surface area (Å²) in [4.78, 5) is 24.3. The summed E-state index contributed by atoms with van der Waals surface area (Å²) in [6.45, 7) is -0.0311. The van der Waals surface area contributed by atoms with Gasteiger partial charge in [-0.05, 0) is 34.1 Å². The van der Waals surface area contributed by atoms with Gasteiger partial charge in [-0.25, -0.2) is 9.59 Å². The number of carbonyl (C=O) groups excluding carboxylic acids is 1. The Morgan fingerprint density at radius 1 is 1.48 bits per heavy atom. The van der Waals surface area contributed by atoms with Crippen LogP contribution in [-0.4, -0.2) is 45.8 Å². The molecule has 1 aromatic carbocycles. The lowest BCUT2D eigenvalue weighted by Crippen LogP contribution is -2.43. The highest BCUT2D eigenvalue weighted by molar-refractivity contribution is 9.10. The first-order valence-electron chi connectivity index (χ1n) is 6.10. The number of urea groups is 1. The zero-order valence-corrected chi connectivity index (χ0v) is 12.4. The van der Waals surface area contributed by atoms with E-state index in [1.54, 1.807) is 12.1 Å². The van der Waals surface area contributed by atoms with Gasteiger partial charge in [-0.1, -0.05) is 0 Å². The van der Waals surface area contributed by atoms with Crippen molar-refractivity contribution in [3.05, 3.63) is 28.2 Å². The Balaban J connectivity index is 2.14. The van der Waals surface area contributed by atoms with E-state index in [0.29, 0.717) is 15.7 Å². The molecule has 0 unspecified atom stereocenters. The Bertz CT molecular complexity index is 628. The van der Waals surface area contributed by atoms with E-state index in [4.69, 9.17) is 10.4 Å². The second kappa shape index (κ2) is 6.11. The Hall–Kier alpha value is -2.11. The summed E-state index contributed by atoms with van der Waals surface area (Å²) in [5.41, 5.74) is 0.851. The zero-order valence-electron chi connectivity index (χ0n) is 10.8. The lowest BCUT2D eigenvalue weighted by atomic mass is 10.2. The topological polar surface area (TPSA) is 114 Å². The van der Waals surface area contributed by atoms with Gasteiger partial charge in [0, 0.05) is 17.4 Å². The minimum Gasteiger partial charge on any atom is -0.480 e. The summed E-state index contributed by atoms with van der Waals surface area (Å²) in [7, 11) is 0. The molecule has 21 heavy (non-hydrogen) atoms. The summed E-state index contributed by atoms with van der Waals surface area (Å²) in [5, 5.41) is 29.9. The second-order valence-corrected chi connectivity index (χ2v) is 5.49. The number of halogens is 1. The Morgan fingerprint density at radius 2 is 2.19 bits per heavy atom. The minimum atomic E-state index is -1.15. The van der Waals surface area contributed by atoms with Crippen LogP contribution in [0.5, 0.6) is 0 Å². The van der Waals surface area contributed by atoms with E-state index in [-0.39, 0.29) is 13.0 Å². The van der Waals surface area contributed by atoms with Crippen LogP contribution < -0.4 is 5.32 Å². The third-order valence-corrected chi connectivity index (χ3v) is 3.82. The SMILES string of the molecule is N#Cc1ccc(NC(=O)N2C[C@H](O)C[C@@H]2C(=O)O)c(Br)c1. The van der Waals surface area contributed by atoms with Crippen molar-refractivity contribution in [3.63, 3.8) is 0 Å². The number of carbonyl (C=O) groups is 2. The summed E-state index contributed by atoms with van der Waals surface area (Å²) in [6.07, 6.45) is -0.835. The van der Waals surface area contributed by atoms with Crippen molar-refractivity contribution in [2.24, 2.45) is 0 Å². The molecule has 0 radical (unpaired) electrons.